The first kappa shape index (κ1) is 25.3. The fraction of sp³-hybridized carbons (Fsp3) is 0.417. The molecule has 3 rings (SSSR count). The lowest BCUT2D eigenvalue weighted by atomic mass is 10.0. The molecule has 174 valence electrons. The minimum absolute atomic E-state index is 0.323. The summed E-state index contributed by atoms with van der Waals surface area (Å²) in [6.45, 7) is 6.17. The molecule has 1 aliphatic heterocycles. The molecule has 0 amide bonds. The molecule has 0 aliphatic carbocycles. The Hall–Kier alpha value is -2.94. The highest BCUT2D eigenvalue weighted by atomic mass is 16.5. The zero-order valence-corrected chi connectivity index (χ0v) is 18.3. The van der Waals surface area contributed by atoms with Crippen LogP contribution in [-0.2, 0) is 16.1 Å². The summed E-state index contributed by atoms with van der Waals surface area (Å²) in [5, 5.41) is 28.4. The molecule has 0 bridgehead atoms. The Kier molecular flexibility index (Phi) is 10.7. The number of carboxylic acids is 2. The van der Waals surface area contributed by atoms with Crippen LogP contribution < -0.4 is 10.1 Å². The number of aliphatic carboxylic acids is 2. The number of nitrogens with zero attached hydrogens (tertiary/aromatic N) is 1. The third kappa shape index (κ3) is 9.91. The van der Waals surface area contributed by atoms with Gasteiger partial charge < -0.3 is 25.4 Å². The number of piperidine rings is 1. The van der Waals surface area contributed by atoms with Gasteiger partial charge in [-0.1, -0.05) is 42.5 Å². The number of carbonyl (C=O) groups is 2. The number of benzene rings is 2. The van der Waals surface area contributed by atoms with Gasteiger partial charge in [0.1, 0.15) is 18.5 Å². The Morgan fingerprint density at radius 2 is 1.72 bits per heavy atom. The van der Waals surface area contributed by atoms with Gasteiger partial charge in [-0.15, -0.1) is 0 Å². The first-order valence-corrected chi connectivity index (χ1v) is 10.7. The van der Waals surface area contributed by atoms with Gasteiger partial charge in [-0.25, -0.2) is 9.59 Å². The standard InChI is InChI=1S/C22H30N2O2.C2H2O4/c1-18-6-5-9-22(14-18)26-17-21(25)15-23-20-10-12-24(13-11-20)16-19-7-3-2-4-8-19;3-1(4)2(5)6/h2-9,14,20-21,23,25H,10-13,15-17H2,1H3;(H,3,4)(H,5,6). The maximum Gasteiger partial charge on any atom is 0.414 e. The second-order valence-electron chi connectivity index (χ2n) is 7.84. The SMILES string of the molecule is Cc1cccc(OCC(O)CNC2CCN(Cc3ccccc3)CC2)c1.O=C(O)C(=O)O. The van der Waals surface area contributed by atoms with Gasteiger partial charge in [-0.3, -0.25) is 4.90 Å². The average molecular weight is 445 g/mol. The van der Waals surface area contributed by atoms with Crippen LogP contribution in [0.4, 0.5) is 0 Å². The van der Waals surface area contributed by atoms with Crippen LogP contribution in [0.25, 0.3) is 0 Å². The second kappa shape index (κ2) is 13.5. The number of hydrogen-bond donors (Lipinski definition) is 4. The van der Waals surface area contributed by atoms with Gasteiger partial charge in [0.15, 0.2) is 0 Å². The van der Waals surface area contributed by atoms with Gasteiger partial charge in [-0.05, 0) is 56.1 Å². The van der Waals surface area contributed by atoms with E-state index in [0.717, 1.165) is 43.8 Å². The van der Waals surface area contributed by atoms with Crippen molar-refractivity contribution in [2.75, 3.05) is 26.2 Å². The van der Waals surface area contributed by atoms with Crippen LogP contribution in [0.3, 0.4) is 0 Å². The average Bonchev–Trinajstić information content (AvgIpc) is 2.78. The first-order valence-electron chi connectivity index (χ1n) is 10.7. The molecule has 0 spiro atoms. The van der Waals surface area contributed by atoms with E-state index in [2.05, 4.69) is 40.5 Å². The fourth-order valence-corrected chi connectivity index (χ4v) is 3.40. The molecule has 8 nitrogen and oxygen atoms in total. The summed E-state index contributed by atoms with van der Waals surface area (Å²) < 4.78 is 5.67. The van der Waals surface area contributed by atoms with Crippen molar-refractivity contribution in [2.45, 2.75) is 38.5 Å². The van der Waals surface area contributed by atoms with Crippen molar-refractivity contribution in [1.82, 2.24) is 10.2 Å². The molecule has 32 heavy (non-hydrogen) atoms. The Morgan fingerprint density at radius 1 is 1.06 bits per heavy atom. The Bertz CT molecular complexity index is 825. The monoisotopic (exact) mass is 444 g/mol. The maximum absolute atomic E-state index is 10.2. The summed E-state index contributed by atoms with van der Waals surface area (Å²) in [6, 6.07) is 19.0. The van der Waals surface area contributed by atoms with Gasteiger partial charge in [0.25, 0.3) is 0 Å². The van der Waals surface area contributed by atoms with E-state index in [4.69, 9.17) is 24.5 Å². The van der Waals surface area contributed by atoms with E-state index in [1.165, 1.54) is 5.56 Å². The predicted molar refractivity (Wildman–Crippen MR) is 121 cm³/mol. The summed E-state index contributed by atoms with van der Waals surface area (Å²) in [5.74, 6) is -2.83. The molecule has 4 N–H and O–H groups in total. The minimum Gasteiger partial charge on any atom is -0.491 e. The molecule has 2 aromatic carbocycles. The molecular formula is C24H32N2O6. The Balaban J connectivity index is 0.000000534. The zero-order chi connectivity index (χ0) is 23.3. The molecule has 1 atom stereocenters. The van der Waals surface area contributed by atoms with Gasteiger partial charge >= 0.3 is 11.9 Å². The van der Waals surface area contributed by atoms with Crippen LogP contribution >= 0.6 is 0 Å². The number of aryl methyl sites for hydroxylation is 1. The summed E-state index contributed by atoms with van der Waals surface area (Å²) in [4.78, 5) is 20.7. The normalized spacial score (nSPS) is 15.3. The topological polar surface area (TPSA) is 119 Å². The van der Waals surface area contributed by atoms with E-state index in [1.807, 2.05) is 31.2 Å². The molecule has 8 heteroatoms. The number of nitrogens with one attached hydrogen (secondary N) is 1. The quantitative estimate of drug-likeness (QED) is 0.457. The highest BCUT2D eigenvalue weighted by Gasteiger charge is 2.19. The summed E-state index contributed by atoms with van der Waals surface area (Å²) in [5.41, 5.74) is 2.54. The first-order chi connectivity index (χ1) is 15.3. The molecule has 0 saturated carbocycles. The van der Waals surface area contributed by atoms with Crippen LogP contribution in [0, 0.1) is 6.92 Å². The van der Waals surface area contributed by atoms with Crippen LogP contribution in [0.5, 0.6) is 5.75 Å². The summed E-state index contributed by atoms with van der Waals surface area (Å²) in [7, 11) is 0. The zero-order valence-electron chi connectivity index (χ0n) is 18.3. The molecule has 0 radical (unpaired) electrons. The molecule has 1 aliphatic rings. The predicted octanol–water partition coefficient (Wildman–Crippen LogP) is 2.14. The molecular weight excluding hydrogens is 412 g/mol. The fourth-order valence-electron chi connectivity index (χ4n) is 3.40. The van der Waals surface area contributed by atoms with Gasteiger partial charge in [0, 0.05) is 19.1 Å². The van der Waals surface area contributed by atoms with E-state index in [-0.39, 0.29) is 0 Å². The van der Waals surface area contributed by atoms with Gasteiger partial charge in [0.2, 0.25) is 0 Å². The molecule has 1 unspecified atom stereocenters. The maximum atomic E-state index is 10.2. The lowest BCUT2D eigenvalue weighted by molar-refractivity contribution is -0.159. The minimum atomic E-state index is -1.82. The third-order valence-corrected chi connectivity index (χ3v) is 5.09. The molecule has 1 fully saturated rings. The van der Waals surface area contributed by atoms with Crippen LogP contribution in [0.1, 0.15) is 24.0 Å². The smallest absolute Gasteiger partial charge is 0.414 e. The number of carboxylic acid groups (broad SMARTS) is 2. The Labute approximate surface area is 188 Å². The highest BCUT2D eigenvalue weighted by molar-refractivity contribution is 6.27. The largest absolute Gasteiger partial charge is 0.491 e. The summed E-state index contributed by atoms with van der Waals surface area (Å²) >= 11 is 0. The van der Waals surface area contributed by atoms with Crippen molar-refractivity contribution in [1.29, 1.82) is 0 Å². The number of aliphatic hydroxyl groups is 1. The van der Waals surface area contributed by atoms with Crippen molar-refractivity contribution in [3.8, 4) is 5.75 Å². The van der Waals surface area contributed by atoms with Crippen LogP contribution in [0.2, 0.25) is 0 Å². The molecule has 2 aromatic rings. The van der Waals surface area contributed by atoms with Crippen molar-refractivity contribution < 1.29 is 29.6 Å². The lowest BCUT2D eigenvalue weighted by Crippen LogP contribution is -2.45. The van der Waals surface area contributed by atoms with Gasteiger partial charge in [0.05, 0.1) is 0 Å². The molecule has 1 saturated heterocycles. The molecule has 1 heterocycles. The number of aliphatic hydroxyl groups excluding tert-OH is 1. The van der Waals surface area contributed by atoms with E-state index in [1.54, 1.807) is 0 Å². The second-order valence-corrected chi connectivity index (χ2v) is 7.84. The van der Waals surface area contributed by atoms with E-state index in [9.17, 15) is 5.11 Å². The summed E-state index contributed by atoms with van der Waals surface area (Å²) in [6.07, 6.45) is 1.76. The highest BCUT2D eigenvalue weighted by Crippen LogP contribution is 2.15. The van der Waals surface area contributed by atoms with E-state index in [0.29, 0.717) is 19.2 Å². The van der Waals surface area contributed by atoms with Crippen molar-refractivity contribution in [3.05, 3.63) is 65.7 Å². The van der Waals surface area contributed by atoms with E-state index >= 15 is 0 Å². The third-order valence-electron chi connectivity index (χ3n) is 5.09. The number of ether oxygens (including phenoxy) is 1. The van der Waals surface area contributed by atoms with Crippen molar-refractivity contribution in [2.24, 2.45) is 0 Å². The molecule has 0 aromatic heterocycles. The van der Waals surface area contributed by atoms with Crippen LogP contribution in [-0.4, -0.2) is 70.5 Å². The lowest BCUT2D eigenvalue weighted by Gasteiger charge is -2.33. The van der Waals surface area contributed by atoms with Crippen molar-refractivity contribution >= 4 is 11.9 Å². The number of likely N-dealkylation sites (tertiary alicyclic amines) is 1. The Morgan fingerprint density at radius 3 is 2.31 bits per heavy atom. The van der Waals surface area contributed by atoms with E-state index < -0.39 is 18.0 Å². The number of hydrogen-bond acceptors (Lipinski definition) is 6. The van der Waals surface area contributed by atoms with Crippen LogP contribution in [0.15, 0.2) is 54.6 Å². The number of rotatable bonds is 8. The van der Waals surface area contributed by atoms with Crippen molar-refractivity contribution in [3.63, 3.8) is 0 Å². The van der Waals surface area contributed by atoms with Gasteiger partial charge in [-0.2, -0.15) is 0 Å².